The predicted octanol–water partition coefficient (Wildman–Crippen LogP) is 2.70. The van der Waals surface area contributed by atoms with Gasteiger partial charge in [-0.15, -0.1) is 0 Å². The number of hydrogen-bond acceptors (Lipinski definition) is 4. The molecule has 2 aromatic rings. The molecule has 0 saturated heterocycles. The Morgan fingerprint density at radius 3 is 2.24 bits per heavy atom. The SMILES string of the molecule is O=C(O)c1ccc(Cl)cc1NC(=O)c1c(O)cccc1O. The second-order valence-corrected chi connectivity index (χ2v) is 4.56. The topological polar surface area (TPSA) is 107 Å². The highest BCUT2D eigenvalue weighted by atomic mass is 35.5. The Balaban J connectivity index is 2.40. The number of aromatic hydroxyl groups is 2. The van der Waals surface area contributed by atoms with Crippen LogP contribution in [0.5, 0.6) is 11.5 Å². The first-order chi connectivity index (χ1) is 9.90. The number of aromatic carboxylic acids is 1. The van der Waals surface area contributed by atoms with Gasteiger partial charge in [-0.25, -0.2) is 4.79 Å². The van der Waals surface area contributed by atoms with E-state index in [1.165, 1.54) is 36.4 Å². The van der Waals surface area contributed by atoms with Gasteiger partial charge in [-0.1, -0.05) is 17.7 Å². The molecule has 0 aliphatic rings. The van der Waals surface area contributed by atoms with Crippen molar-refractivity contribution in [2.24, 2.45) is 0 Å². The first-order valence-electron chi connectivity index (χ1n) is 5.75. The standard InChI is InChI=1S/C14H10ClNO5/c15-7-4-5-8(14(20)21)9(6-7)16-13(19)12-10(17)2-1-3-11(12)18/h1-6,17-18H,(H,16,19)(H,20,21). The number of phenolic OH excluding ortho intramolecular Hbond substituents is 2. The molecule has 1 amide bonds. The number of carboxylic acid groups (broad SMARTS) is 1. The van der Waals surface area contributed by atoms with Gasteiger partial charge in [0.2, 0.25) is 0 Å². The zero-order valence-corrected chi connectivity index (χ0v) is 11.3. The van der Waals surface area contributed by atoms with Gasteiger partial charge >= 0.3 is 5.97 Å². The maximum absolute atomic E-state index is 12.1. The maximum atomic E-state index is 12.1. The van der Waals surface area contributed by atoms with Crippen LogP contribution in [0.4, 0.5) is 5.69 Å². The summed E-state index contributed by atoms with van der Waals surface area (Å²) in [5.41, 5.74) is -0.556. The zero-order valence-electron chi connectivity index (χ0n) is 10.5. The normalized spacial score (nSPS) is 10.1. The van der Waals surface area contributed by atoms with E-state index < -0.39 is 23.4 Å². The summed E-state index contributed by atoms with van der Waals surface area (Å²) >= 11 is 5.77. The second-order valence-electron chi connectivity index (χ2n) is 4.12. The molecule has 0 aliphatic carbocycles. The minimum absolute atomic E-state index is 0.0392. The van der Waals surface area contributed by atoms with Crippen LogP contribution in [0.25, 0.3) is 0 Å². The van der Waals surface area contributed by atoms with E-state index in [4.69, 9.17) is 16.7 Å². The molecule has 7 heteroatoms. The van der Waals surface area contributed by atoms with Crippen molar-refractivity contribution in [1.29, 1.82) is 0 Å². The highest BCUT2D eigenvalue weighted by Gasteiger charge is 2.19. The fourth-order valence-electron chi connectivity index (χ4n) is 1.75. The lowest BCUT2D eigenvalue weighted by molar-refractivity contribution is 0.0698. The van der Waals surface area contributed by atoms with Crippen LogP contribution in [0.15, 0.2) is 36.4 Å². The van der Waals surface area contributed by atoms with Crippen molar-refractivity contribution in [3.05, 3.63) is 52.5 Å². The maximum Gasteiger partial charge on any atom is 0.337 e. The number of anilines is 1. The zero-order chi connectivity index (χ0) is 15.6. The Labute approximate surface area is 124 Å². The molecule has 0 aromatic heterocycles. The highest BCUT2D eigenvalue weighted by molar-refractivity contribution is 6.31. The third-order valence-corrected chi connectivity index (χ3v) is 2.94. The molecule has 0 saturated carbocycles. The second kappa shape index (κ2) is 5.72. The van der Waals surface area contributed by atoms with Gasteiger partial charge in [-0.05, 0) is 30.3 Å². The Morgan fingerprint density at radius 2 is 1.67 bits per heavy atom. The van der Waals surface area contributed by atoms with Gasteiger partial charge in [0.15, 0.2) is 0 Å². The van der Waals surface area contributed by atoms with Crippen molar-refractivity contribution in [2.45, 2.75) is 0 Å². The molecule has 0 heterocycles. The van der Waals surface area contributed by atoms with Gasteiger partial charge in [-0.3, -0.25) is 4.79 Å². The summed E-state index contributed by atoms with van der Waals surface area (Å²) in [7, 11) is 0. The molecule has 4 N–H and O–H groups in total. The number of carbonyl (C=O) groups excluding carboxylic acids is 1. The number of amides is 1. The minimum Gasteiger partial charge on any atom is -0.507 e. The Kier molecular flexibility index (Phi) is 4.00. The van der Waals surface area contributed by atoms with Crippen LogP contribution in [-0.2, 0) is 0 Å². The van der Waals surface area contributed by atoms with Gasteiger partial charge in [0, 0.05) is 5.02 Å². The van der Waals surface area contributed by atoms with E-state index in [0.717, 1.165) is 0 Å². The molecule has 2 aromatic carbocycles. The van der Waals surface area contributed by atoms with Gasteiger partial charge in [0.1, 0.15) is 17.1 Å². The van der Waals surface area contributed by atoms with Crippen molar-refractivity contribution < 1.29 is 24.9 Å². The highest BCUT2D eigenvalue weighted by Crippen LogP contribution is 2.28. The molecule has 0 bridgehead atoms. The summed E-state index contributed by atoms with van der Waals surface area (Å²) < 4.78 is 0. The first-order valence-corrected chi connectivity index (χ1v) is 6.13. The number of carbonyl (C=O) groups is 2. The average molecular weight is 308 g/mol. The Bertz CT molecular complexity index is 709. The number of benzene rings is 2. The van der Waals surface area contributed by atoms with E-state index in [9.17, 15) is 19.8 Å². The largest absolute Gasteiger partial charge is 0.507 e. The van der Waals surface area contributed by atoms with Crippen LogP contribution in [-0.4, -0.2) is 27.2 Å². The third-order valence-electron chi connectivity index (χ3n) is 2.71. The van der Waals surface area contributed by atoms with Crippen LogP contribution in [0.2, 0.25) is 5.02 Å². The summed E-state index contributed by atoms with van der Waals surface area (Å²) in [6, 6.07) is 7.70. The third kappa shape index (κ3) is 3.06. The lowest BCUT2D eigenvalue weighted by atomic mass is 10.1. The summed E-state index contributed by atoms with van der Waals surface area (Å²) in [6.07, 6.45) is 0. The van der Waals surface area contributed by atoms with Crippen molar-refractivity contribution in [3.8, 4) is 11.5 Å². The molecule has 2 rings (SSSR count). The Morgan fingerprint density at radius 1 is 1.05 bits per heavy atom. The monoisotopic (exact) mass is 307 g/mol. The van der Waals surface area contributed by atoms with Gasteiger partial charge in [-0.2, -0.15) is 0 Å². The molecular formula is C14H10ClNO5. The van der Waals surface area contributed by atoms with Crippen LogP contribution in [0.3, 0.4) is 0 Å². The van der Waals surface area contributed by atoms with Gasteiger partial charge in [0.05, 0.1) is 11.3 Å². The van der Waals surface area contributed by atoms with E-state index in [-0.39, 0.29) is 21.8 Å². The summed E-state index contributed by atoms with van der Waals surface area (Å²) in [5, 5.41) is 30.8. The molecular weight excluding hydrogens is 298 g/mol. The lowest BCUT2D eigenvalue weighted by Crippen LogP contribution is -2.15. The van der Waals surface area contributed by atoms with Crippen LogP contribution >= 0.6 is 11.6 Å². The number of nitrogens with one attached hydrogen (secondary N) is 1. The van der Waals surface area contributed by atoms with Crippen molar-refractivity contribution in [1.82, 2.24) is 0 Å². The summed E-state index contributed by atoms with van der Waals surface area (Å²) in [5.74, 6) is -2.95. The molecule has 0 aliphatic heterocycles. The average Bonchev–Trinajstić information content (AvgIpc) is 2.38. The summed E-state index contributed by atoms with van der Waals surface area (Å²) in [4.78, 5) is 23.2. The van der Waals surface area contributed by atoms with E-state index >= 15 is 0 Å². The van der Waals surface area contributed by atoms with E-state index in [2.05, 4.69) is 5.32 Å². The number of carboxylic acids is 1. The van der Waals surface area contributed by atoms with E-state index in [1.807, 2.05) is 0 Å². The fraction of sp³-hybridized carbons (Fsp3) is 0. The molecule has 21 heavy (non-hydrogen) atoms. The van der Waals surface area contributed by atoms with Crippen LogP contribution < -0.4 is 5.32 Å². The fourth-order valence-corrected chi connectivity index (χ4v) is 1.92. The smallest absolute Gasteiger partial charge is 0.337 e. The van der Waals surface area contributed by atoms with E-state index in [1.54, 1.807) is 0 Å². The molecule has 108 valence electrons. The lowest BCUT2D eigenvalue weighted by Gasteiger charge is -2.11. The summed E-state index contributed by atoms with van der Waals surface area (Å²) in [6.45, 7) is 0. The van der Waals surface area contributed by atoms with Crippen molar-refractivity contribution in [2.75, 3.05) is 5.32 Å². The molecule has 0 spiro atoms. The Hall–Kier alpha value is -2.73. The molecule has 0 fully saturated rings. The number of phenols is 2. The predicted molar refractivity (Wildman–Crippen MR) is 76.1 cm³/mol. The van der Waals surface area contributed by atoms with Gasteiger partial charge < -0.3 is 20.6 Å². The quantitative estimate of drug-likeness (QED) is 0.697. The number of hydrogen-bond donors (Lipinski definition) is 4. The minimum atomic E-state index is -1.25. The number of rotatable bonds is 3. The van der Waals surface area contributed by atoms with E-state index in [0.29, 0.717) is 0 Å². The van der Waals surface area contributed by atoms with Crippen LogP contribution in [0, 0.1) is 0 Å². The number of halogens is 1. The first kappa shape index (κ1) is 14.7. The molecule has 0 radical (unpaired) electrons. The molecule has 0 unspecified atom stereocenters. The molecule has 0 atom stereocenters. The van der Waals surface area contributed by atoms with Crippen molar-refractivity contribution >= 4 is 29.2 Å². The molecule has 6 nitrogen and oxygen atoms in total. The van der Waals surface area contributed by atoms with Crippen LogP contribution in [0.1, 0.15) is 20.7 Å². The van der Waals surface area contributed by atoms with Gasteiger partial charge in [0.25, 0.3) is 5.91 Å². The van der Waals surface area contributed by atoms with Crippen molar-refractivity contribution in [3.63, 3.8) is 0 Å².